The van der Waals surface area contributed by atoms with Gasteiger partial charge in [0.15, 0.2) is 0 Å². The van der Waals surface area contributed by atoms with E-state index in [-0.39, 0.29) is 0 Å². The van der Waals surface area contributed by atoms with Crippen LogP contribution < -0.4 is 0 Å². The minimum atomic E-state index is 0.877. The second-order valence-electron chi connectivity index (χ2n) is 6.94. The molecule has 0 saturated carbocycles. The van der Waals surface area contributed by atoms with Crippen LogP contribution in [-0.4, -0.2) is 0 Å². The van der Waals surface area contributed by atoms with Gasteiger partial charge in [-0.15, -0.1) is 0 Å². The fraction of sp³-hybridized carbons (Fsp3) is 1.00. The summed E-state index contributed by atoms with van der Waals surface area (Å²) >= 11 is 0. The van der Waals surface area contributed by atoms with Crippen molar-refractivity contribution in [3.05, 3.63) is 0 Å². The highest BCUT2D eigenvalue weighted by Gasteiger charge is 2.17. The first-order valence-electron chi connectivity index (χ1n) is 8.51. The van der Waals surface area contributed by atoms with E-state index < -0.39 is 0 Å². The summed E-state index contributed by atoms with van der Waals surface area (Å²) in [5.41, 5.74) is 0. The first kappa shape index (κ1) is 18.0. The van der Waals surface area contributed by atoms with Gasteiger partial charge >= 0.3 is 0 Å². The predicted molar refractivity (Wildman–Crippen MR) is 84.9 cm³/mol. The topological polar surface area (TPSA) is 0 Å². The Morgan fingerprint density at radius 1 is 0.722 bits per heavy atom. The Morgan fingerprint density at radius 3 is 1.89 bits per heavy atom. The Balaban J connectivity index is 4.07. The largest absolute Gasteiger partial charge is 0.0654 e. The van der Waals surface area contributed by atoms with Gasteiger partial charge in [0.1, 0.15) is 0 Å². The molecule has 0 aromatic heterocycles. The molecule has 0 aliphatic carbocycles. The highest BCUT2D eigenvalue weighted by atomic mass is 14.2. The Hall–Kier alpha value is 0. The normalized spacial score (nSPS) is 16.8. The van der Waals surface area contributed by atoms with Crippen LogP contribution in [0.4, 0.5) is 0 Å². The monoisotopic (exact) mass is 254 g/mol. The van der Waals surface area contributed by atoms with E-state index >= 15 is 0 Å². The molecule has 0 aliphatic rings. The van der Waals surface area contributed by atoms with E-state index in [2.05, 4.69) is 41.5 Å². The van der Waals surface area contributed by atoms with Crippen LogP contribution >= 0.6 is 0 Å². The highest BCUT2D eigenvalue weighted by molar-refractivity contribution is 4.68. The molecule has 0 radical (unpaired) electrons. The van der Waals surface area contributed by atoms with Gasteiger partial charge in [0, 0.05) is 0 Å². The molecule has 0 heteroatoms. The lowest BCUT2D eigenvalue weighted by molar-refractivity contribution is 0.264. The van der Waals surface area contributed by atoms with Gasteiger partial charge in [-0.05, 0) is 30.1 Å². The van der Waals surface area contributed by atoms with E-state index in [1.165, 1.54) is 51.4 Å². The first-order valence-corrected chi connectivity index (χ1v) is 8.51. The van der Waals surface area contributed by atoms with E-state index in [9.17, 15) is 0 Å². The second-order valence-corrected chi connectivity index (χ2v) is 6.94. The standard InChI is InChI=1S/C18H38/c1-7-10-17(6)18(12-9-11-15(3)4)14-13-16(5)8-2/h15-18H,7-14H2,1-6H3. The minimum Gasteiger partial charge on any atom is -0.0654 e. The minimum absolute atomic E-state index is 0.877. The zero-order valence-electron chi connectivity index (χ0n) is 14.0. The van der Waals surface area contributed by atoms with Gasteiger partial charge in [0.2, 0.25) is 0 Å². The quantitative estimate of drug-likeness (QED) is 0.385. The molecule has 110 valence electrons. The number of hydrogen-bond donors (Lipinski definition) is 0. The Morgan fingerprint density at radius 2 is 1.39 bits per heavy atom. The average Bonchev–Trinajstić information content (AvgIpc) is 2.32. The van der Waals surface area contributed by atoms with Crippen molar-refractivity contribution >= 4 is 0 Å². The average molecular weight is 255 g/mol. The molecule has 0 aromatic rings. The maximum atomic E-state index is 2.49. The molecule has 0 rings (SSSR count). The van der Waals surface area contributed by atoms with E-state index in [0.29, 0.717) is 0 Å². The molecule has 0 fully saturated rings. The van der Waals surface area contributed by atoms with Crippen LogP contribution in [0.15, 0.2) is 0 Å². The van der Waals surface area contributed by atoms with E-state index in [4.69, 9.17) is 0 Å². The van der Waals surface area contributed by atoms with Gasteiger partial charge in [0.25, 0.3) is 0 Å². The molecular weight excluding hydrogens is 216 g/mol. The van der Waals surface area contributed by atoms with E-state index in [1.807, 2.05) is 0 Å². The summed E-state index contributed by atoms with van der Waals surface area (Å²) < 4.78 is 0. The Labute approximate surface area is 117 Å². The van der Waals surface area contributed by atoms with Crippen molar-refractivity contribution in [1.29, 1.82) is 0 Å². The lowest BCUT2D eigenvalue weighted by Gasteiger charge is -2.25. The third-order valence-electron chi connectivity index (χ3n) is 4.63. The lowest BCUT2D eigenvalue weighted by Crippen LogP contribution is -2.13. The smallest absolute Gasteiger partial charge is 0.0388 e. The molecule has 0 saturated heterocycles. The molecule has 0 spiro atoms. The van der Waals surface area contributed by atoms with Crippen LogP contribution in [0.2, 0.25) is 0 Å². The van der Waals surface area contributed by atoms with E-state index in [1.54, 1.807) is 0 Å². The number of rotatable bonds is 11. The summed E-state index contributed by atoms with van der Waals surface area (Å²) in [6, 6.07) is 0. The summed E-state index contributed by atoms with van der Waals surface area (Å²) in [6.07, 6.45) is 11.4. The molecule has 0 nitrogen and oxygen atoms in total. The van der Waals surface area contributed by atoms with Gasteiger partial charge in [-0.1, -0.05) is 86.5 Å². The van der Waals surface area contributed by atoms with Crippen LogP contribution in [0.3, 0.4) is 0 Å². The summed E-state index contributed by atoms with van der Waals surface area (Å²) in [6.45, 7) is 14.3. The van der Waals surface area contributed by atoms with Crippen LogP contribution in [0, 0.1) is 23.7 Å². The van der Waals surface area contributed by atoms with Gasteiger partial charge in [-0.2, -0.15) is 0 Å². The third kappa shape index (κ3) is 9.00. The van der Waals surface area contributed by atoms with Crippen LogP contribution in [-0.2, 0) is 0 Å². The van der Waals surface area contributed by atoms with Crippen LogP contribution in [0.5, 0.6) is 0 Å². The van der Waals surface area contributed by atoms with Crippen molar-refractivity contribution in [2.75, 3.05) is 0 Å². The Bertz CT molecular complexity index is 171. The summed E-state index contributed by atoms with van der Waals surface area (Å²) in [7, 11) is 0. The molecule has 3 unspecified atom stereocenters. The summed E-state index contributed by atoms with van der Waals surface area (Å²) in [5, 5.41) is 0. The maximum absolute atomic E-state index is 2.49. The second kappa shape index (κ2) is 10.9. The van der Waals surface area contributed by atoms with Crippen molar-refractivity contribution < 1.29 is 0 Å². The molecule has 3 atom stereocenters. The maximum Gasteiger partial charge on any atom is -0.0388 e. The van der Waals surface area contributed by atoms with Gasteiger partial charge in [0.05, 0.1) is 0 Å². The summed E-state index contributed by atoms with van der Waals surface area (Å²) in [4.78, 5) is 0. The molecule has 0 bridgehead atoms. The van der Waals surface area contributed by atoms with E-state index in [0.717, 1.165) is 23.7 Å². The third-order valence-corrected chi connectivity index (χ3v) is 4.63. The van der Waals surface area contributed by atoms with Crippen molar-refractivity contribution in [2.45, 2.75) is 92.9 Å². The zero-order chi connectivity index (χ0) is 14.0. The molecule has 0 aromatic carbocycles. The highest BCUT2D eigenvalue weighted by Crippen LogP contribution is 2.29. The van der Waals surface area contributed by atoms with Gasteiger partial charge in [-0.3, -0.25) is 0 Å². The van der Waals surface area contributed by atoms with Crippen molar-refractivity contribution in [3.63, 3.8) is 0 Å². The lowest BCUT2D eigenvalue weighted by atomic mass is 9.81. The molecule has 0 amide bonds. The first-order chi connectivity index (χ1) is 8.51. The summed E-state index contributed by atoms with van der Waals surface area (Å²) in [5.74, 6) is 3.72. The van der Waals surface area contributed by atoms with Crippen LogP contribution in [0.25, 0.3) is 0 Å². The molecule has 0 N–H and O–H groups in total. The SMILES string of the molecule is CCCC(C)C(CCCC(C)C)CCC(C)CC. The number of hydrogen-bond acceptors (Lipinski definition) is 0. The van der Waals surface area contributed by atoms with Gasteiger partial charge in [-0.25, -0.2) is 0 Å². The van der Waals surface area contributed by atoms with Crippen LogP contribution in [0.1, 0.15) is 92.9 Å². The molecule has 0 heterocycles. The predicted octanol–water partition coefficient (Wildman–Crippen LogP) is 6.69. The fourth-order valence-corrected chi connectivity index (χ4v) is 2.90. The van der Waals surface area contributed by atoms with Gasteiger partial charge < -0.3 is 0 Å². The Kier molecular flexibility index (Phi) is 10.9. The molecule has 0 aliphatic heterocycles. The van der Waals surface area contributed by atoms with Crippen molar-refractivity contribution in [2.24, 2.45) is 23.7 Å². The van der Waals surface area contributed by atoms with Crippen molar-refractivity contribution in [3.8, 4) is 0 Å². The molecule has 18 heavy (non-hydrogen) atoms. The molecular formula is C18H38. The fourth-order valence-electron chi connectivity index (χ4n) is 2.90. The van der Waals surface area contributed by atoms with Crippen molar-refractivity contribution in [1.82, 2.24) is 0 Å². The zero-order valence-corrected chi connectivity index (χ0v) is 14.0.